The molecule has 2 aromatic carbocycles. The van der Waals surface area contributed by atoms with Crippen LogP contribution in [0.3, 0.4) is 0 Å². The Morgan fingerprint density at radius 3 is 0.639 bits per heavy atom. The molecule has 0 fully saturated rings. The standard InChI is InChI=1S/2C10H16As2.2CH4S.F6P.Tc/c2*1-11(2)9-7-5-6-8-10(9)12(3)4;2*1-2;1-7(2,3,4,5)6;/h2*5-8H,1-4H3;2*2H,1H3;;/q;;;;-1;/p-2. The average Bonchev–Trinajstić information content (AvgIpc) is 2.74. The normalized spacial score (nSPS) is 12.3. The van der Waals surface area contributed by atoms with Crippen molar-refractivity contribution in [1.29, 1.82) is 0 Å². The van der Waals surface area contributed by atoms with E-state index in [1.807, 2.05) is 0 Å². The molecule has 0 unspecified atom stereocenters. The second kappa shape index (κ2) is 20.0. The third kappa shape index (κ3) is 27.6. The minimum absolute atomic E-state index is 0. The Kier molecular flexibility index (Phi) is 25.0. The summed E-state index contributed by atoms with van der Waals surface area (Å²) in [6.45, 7) is 0. The van der Waals surface area contributed by atoms with Crippen LogP contribution in [0.5, 0.6) is 0 Å². The van der Waals surface area contributed by atoms with Crippen molar-refractivity contribution >= 4 is 109 Å². The molecule has 0 bridgehead atoms. The smallest absolute Gasteiger partial charge is 0 e. The summed E-state index contributed by atoms with van der Waals surface area (Å²) in [6.07, 6.45) is 3.17. The average molecular weight is 909 g/mol. The van der Waals surface area contributed by atoms with Crippen LogP contribution in [0.1, 0.15) is 0 Å². The van der Waals surface area contributed by atoms with Gasteiger partial charge in [0, 0.05) is 20.1 Å². The summed E-state index contributed by atoms with van der Waals surface area (Å²) >= 11 is 5.56. The van der Waals surface area contributed by atoms with Crippen LogP contribution >= 0.6 is 7.81 Å². The van der Waals surface area contributed by atoms with Crippen LogP contribution in [0.4, 0.5) is 25.2 Å². The maximum atomic E-state index is 9.87. The van der Waals surface area contributed by atoms with Crippen LogP contribution in [-0.2, 0) is 45.4 Å². The Labute approximate surface area is 258 Å². The summed E-state index contributed by atoms with van der Waals surface area (Å²) in [5, 5.41) is 0. The first kappa shape index (κ1) is 45.0. The van der Waals surface area contributed by atoms with E-state index in [0.29, 0.717) is 0 Å². The summed E-state index contributed by atoms with van der Waals surface area (Å²) in [5.41, 5.74) is 19.4. The van der Waals surface area contributed by atoms with Gasteiger partial charge in [0.25, 0.3) is 0 Å². The van der Waals surface area contributed by atoms with Gasteiger partial charge >= 0.3 is 203 Å². The number of halogens is 6. The SMILES string of the molecule is C[As](C)c1ccccc1[As](C)C.C[As](C)c1ccccc1[As](C)C.C[S-].C[S-].F[P-](F)(F)(F)(F)F.[Tc]. The van der Waals surface area contributed by atoms with Gasteiger partial charge in [0.15, 0.2) is 0 Å². The van der Waals surface area contributed by atoms with Crippen molar-refractivity contribution < 1.29 is 45.3 Å². The van der Waals surface area contributed by atoms with E-state index in [0.717, 1.165) is 0 Å². The van der Waals surface area contributed by atoms with E-state index in [1.54, 1.807) is 29.9 Å². The van der Waals surface area contributed by atoms with Crippen LogP contribution in [0.25, 0.3) is 0 Å². The topological polar surface area (TPSA) is 0 Å². The molecule has 0 aromatic heterocycles. The Hall–Kier alpha value is 2.03. The van der Waals surface area contributed by atoms with Crippen molar-refractivity contribution in [1.82, 2.24) is 0 Å². The van der Waals surface area contributed by atoms with Gasteiger partial charge in [-0.15, -0.1) is 0 Å². The molecule has 1 radical (unpaired) electrons. The molecule has 2 aromatic rings. The number of rotatable bonds is 4. The van der Waals surface area contributed by atoms with Crippen LogP contribution in [0, 0.1) is 0 Å². The van der Waals surface area contributed by atoms with Crippen molar-refractivity contribution in [3.63, 3.8) is 0 Å². The van der Waals surface area contributed by atoms with Gasteiger partial charge in [-0.25, -0.2) is 0 Å². The summed E-state index contributed by atoms with van der Waals surface area (Å²) in [7, 11) is -10.7. The van der Waals surface area contributed by atoms with Crippen molar-refractivity contribution in [3.8, 4) is 0 Å². The van der Waals surface area contributed by atoms with E-state index in [4.69, 9.17) is 0 Å². The quantitative estimate of drug-likeness (QED) is 0.142. The van der Waals surface area contributed by atoms with Gasteiger partial charge in [0.1, 0.15) is 0 Å². The predicted molar refractivity (Wildman–Crippen MR) is 161 cm³/mol. The minimum atomic E-state index is -10.7. The van der Waals surface area contributed by atoms with Crippen molar-refractivity contribution in [3.05, 3.63) is 48.5 Å². The van der Waals surface area contributed by atoms with Crippen LogP contribution in [0.2, 0.25) is 45.7 Å². The van der Waals surface area contributed by atoms with Crippen LogP contribution in [0.15, 0.2) is 48.5 Å². The van der Waals surface area contributed by atoms with Crippen molar-refractivity contribution in [2.45, 2.75) is 45.7 Å². The second-order valence-corrected chi connectivity index (χ2v) is 28.5. The molecule has 0 heterocycles. The molecule has 14 heteroatoms. The largest absolute Gasteiger partial charge is 0 e. The number of hydrogen-bond donors (Lipinski definition) is 0. The molecular weight excluding hydrogens is 871 g/mol. The van der Waals surface area contributed by atoms with Crippen molar-refractivity contribution in [2.24, 2.45) is 0 Å². The Balaban J connectivity index is -0.000000203. The van der Waals surface area contributed by atoms with Gasteiger partial charge in [-0.3, -0.25) is 0 Å². The minimum Gasteiger partial charge on any atom is 0 e. The van der Waals surface area contributed by atoms with E-state index in [9.17, 15) is 25.2 Å². The molecule has 0 aliphatic carbocycles. The molecular formula is C22H38As4F6PS2Tc-3. The fraction of sp³-hybridized carbons (Fsp3) is 0.455. The Morgan fingerprint density at radius 1 is 0.444 bits per heavy atom. The van der Waals surface area contributed by atoms with Crippen LogP contribution < -0.4 is 17.4 Å². The summed E-state index contributed by atoms with van der Waals surface area (Å²) < 4.78 is 66.0. The van der Waals surface area contributed by atoms with Gasteiger partial charge in [0.2, 0.25) is 0 Å². The van der Waals surface area contributed by atoms with Crippen molar-refractivity contribution in [2.75, 3.05) is 12.5 Å². The number of hydrogen-bond acceptors (Lipinski definition) is 2. The summed E-state index contributed by atoms with van der Waals surface area (Å²) in [6, 6.07) is 18.1. The first-order valence-corrected chi connectivity index (χ1v) is 32.4. The van der Waals surface area contributed by atoms with E-state index in [2.05, 4.69) is 119 Å². The molecule has 0 amide bonds. The molecule has 2 rings (SSSR count). The van der Waals surface area contributed by atoms with Gasteiger partial charge in [0.05, 0.1) is 0 Å². The maximum absolute atomic E-state index is 10.7. The zero-order valence-electron chi connectivity index (χ0n) is 22.3. The van der Waals surface area contributed by atoms with E-state index in [1.165, 1.54) is 0 Å². The molecule has 0 saturated heterocycles. The maximum Gasteiger partial charge on any atom is 0 e. The van der Waals surface area contributed by atoms with Crippen LogP contribution in [-0.4, -0.2) is 71.1 Å². The molecule has 0 aliphatic heterocycles. The Morgan fingerprint density at radius 2 is 0.556 bits per heavy atom. The molecule has 0 spiro atoms. The molecule has 0 atom stereocenters. The second-order valence-electron chi connectivity index (χ2n) is 7.51. The first-order valence-electron chi connectivity index (χ1n) is 9.96. The van der Waals surface area contributed by atoms with E-state index in [-0.39, 0.29) is 20.1 Å². The van der Waals surface area contributed by atoms with Gasteiger partial charge in [-0.1, -0.05) is 0 Å². The molecule has 0 saturated carbocycles. The van der Waals surface area contributed by atoms with E-state index >= 15 is 0 Å². The molecule has 215 valence electrons. The monoisotopic (exact) mass is 908 g/mol. The third-order valence-corrected chi connectivity index (χ3v) is 16.7. The zero-order valence-corrected chi connectivity index (χ0v) is 34.2. The number of benzene rings is 2. The zero-order chi connectivity index (χ0) is 28.7. The first-order chi connectivity index (χ1) is 15.7. The molecule has 36 heavy (non-hydrogen) atoms. The fourth-order valence-corrected chi connectivity index (χ4v) is 18.9. The summed E-state index contributed by atoms with van der Waals surface area (Å²) in [4.78, 5) is 0. The van der Waals surface area contributed by atoms with Gasteiger partial charge < -0.3 is 25.3 Å². The van der Waals surface area contributed by atoms with Gasteiger partial charge in [-0.05, 0) is 0 Å². The molecule has 0 aliphatic rings. The Bertz CT molecular complexity index is 720. The fourth-order valence-electron chi connectivity index (χ4n) is 2.44. The molecule has 0 nitrogen and oxygen atoms in total. The van der Waals surface area contributed by atoms with Gasteiger partial charge in [-0.2, -0.15) is 12.5 Å². The molecule has 0 N–H and O–H groups in total. The summed E-state index contributed by atoms with van der Waals surface area (Å²) in [5.74, 6) is 0. The van der Waals surface area contributed by atoms with E-state index < -0.39 is 66.4 Å². The third-order valence-electron chi connectivity index (χ3n) is 3.69. The predicted octanol–water partition coefficient (Wildman–Crippen LogP) is 6.92.